The van der Waals surface area contributed by atoms with Crippen molar-refractivity contribution in [3.8, 4) is 0 Å². The highest BCUT2D eigenvalue weighted by molar-refractivity contribution is 5.85. The minimum absolute atomic E-state index is 0.0673. The maximum absolute atomic E-state index is 12.7. The second-order valence-corrected chi connectivity index (χ2v) is 8.81. The van der Waals surface area contributed by atoms with Crippen molar-refractivity contribution in [2.75, 3.05) is 32.9 Å². The van der Waals surface area contributed by atoms with Gasteiger partial charge in [-0.1, -0.05) is 35.4 Å². The number of carbonyl (C=O) groups is 2. The molecule has 1 aliphatic heterocycles. The lowest BCUT2D eigenvalue weighted by molar-refractivity contribution is -0.126. The molecular formula is C23H30N6O6. The van der Waals surface area contributed by atoms with Gasteiger partial charge >= 0.3 is 11.9 Å². The number of nitrogens with two attached hydrogens (primary N) is 1. The van der Waals surface area contributed by atoms with Gasteiger partial charge in [0.2, 0.25) is 5.91 Å². The van der Waals surface area contributed by atoms with Crippen LogP contribution in [0.5, 0.6) is 0 Å². The molecule has 188 valence electrons. The number of hydrogen-bond acceptors (Lipinski definition) is 9. The zero-order valence-electron chi connectivity index (χ0n) is 19.8. The van der Waals surface area contributed by atoms with Crippen molar-refractivity contribution in [2.24, 2.45) is 5.73 Å². The lowest BCUT2D eigenvalue weighted by Crippen LogP contribution is -2.51. The van der Waals surface area contributed by atoms with Gasteiger partial charge in [0, 0.05) is 13.1 Å². The number of nitrogens with one attached hydrogen (secondary N) is 1. The Morgan fingerprint density at radius 1 is 1.17 bits per heavy atom. The number of morpholine rings is 1. The Kier molecular flexibility index (Phi) is 7.63. The highest BCUT2D eigenvalue weighted by atomic mass is 16.6. The molecule has 1 atom stereocenters. The summed E-state index contributed by atoms with van der Waals surface area (Å²) in [6.45, 7) is 5.49. The fraction of sp³-hybridized carbons (Fsp3) is 0.478. The molecule has 0 unspecified atom stereocenters. The van der Waals surface area contributed by atoms with Crippen LogP contribution < -0.4 is 11.1 Å². The van der Waals surface area contributed by atoms with E-state index in [9.17, 15) is 9.59 Å². The van der Waals surface area contributed by atoms with Crippen molar-refractivity contribution in [3.05, 3.63) is 53.7 Å². The summed E-state index contributed by atoms with van der Waals surface area (Å²) in [5, 5.41) is 11.2. The second-order valence-electron chi connectivity index (χ2n) is 8.81. The minimum Gasteiger partial charge on any atom is -0.443 e. The van der Waals surface area contributed by atoms with Crippen LogP contribution in [0.3, 0.4) is 0 Å². The van der Waals surface area contributed by atoms with E-state index >= 15 is 0 Å². The van der Waals surface area contributed by atoms with Gasteiger partial charge in [-0.05, 0) is 19.4 Å². The summed E-state index contributed by atoms with van der Waals surface area (Å²) in [6, 6.07) is 8.98. The highest BCUT2D eigenvalue weighted by Gasteiger charge is 2.29. The monoisotopic (exact) mass is 486 g/mol. The van der Waals surface area contributed by atoms with Gasteiger partial charge in [0.25, 0.3) is 0 Å². The quantitative estimate of drug-likeness (QED) is 0.458. The average molecular weight is 487 g/mol. The van der Waals surface area contributed by atoms with Gasteiger partial charge in [0.05, 0.1) is 32.0 Å². The van der Waals surface area contributed by atoms with Gasteiger partial charge in [-0.15, -0.1) is 5.10 Å². The van der Waals surface area contributed by atoms with Gasteiger partial charge in [-0.2, -0.15) is 0 Å². The van der Waals surface area contributed by atoms with Crippen LogP contribution in [0.15, 0.2) is 41.0 Å². The topological polar surface area (TPSA) is 146 Å². The summed E-state index contributed by atoms with van der Waals surface area (Å²) in [5.74, 6) is 0.190. The number of fused-ring (bicyclic) bond motifs is 1. The lowest BCUT2D eigenvalue weighted by Gasteiger charge is -2.26. The van der Waals surface area contributed by atoms with Gasteiger partial charge in [-0.3, -0.25) is 4.79 Å². The zero-order chi connectivity index (χ0) is 24.8. The van der Waals surface area contributed by atoms with Gasteiger partial charge in [-0.25, -0.2) is 9.20 Å². The molecule has 12 heteroatoms. The fourth-order valence-corrected chi connectivity index (χ4v) is 3.49. The third kappa shape index (κ3) is 6.15. The largest absolute Gasteiger partial charge is 0.443 e. The van der Waals surface area contributed by atoms with E-state index in [2.05, 4.69) is 15.5 Å². The first-order valence-electron chi connectivity index (χ1n) is 11.4. The van der Waals surface area contributed by atoms with E-state index < -0.39 is 17.7 Å². The molecule has 1 aliphatic rings. The highest BCUT2D eigenvalue weighted by Crippen LogP contribution is 2.20. The molecular weight excluding hydrogens is 456 g/mol. The predicted molar refractivity (Wildman–Crippen MR) is 123 cm³/mol. The van der Waals surface area contributed by atoms with E-state index in [-0.39, 0.29) is 25.0 Å². The summed E-state index contributed by atoms with van der Waals surface area (Å²) in [5.41, 5.74) is 6.37. The van der Waals surface area contributed by atoms with Crippen LogP contribution in [0, 0.1) is 0 Å². The summed E-state index contributed by atoms with van der Waals surface area (Å²) in [4.78, 5) is 26.7. The Labute approximate surface area is 202 Å². The number of oxazole rings is 1. The molecule has 1 fully saturated rings. The fourth-order valence-electron chi connectivity index (χ4n) is 3.49. The van der Waals surface area contributed by atoms with E-state index in [0.29, 0.717) is 44.4 Å². The molecule has 0 spiro atoms. The van der Waals surface area contributed by atoms with E-state index in [0.717, 1.165) is 5.56 Å². The van der Waals surface area contributed by atoms with Crippen LogP contribution in [-0.4, -0.2) is 69.9 Å². The molecule has 0 bridgehead atoms. The summed E-state index contributed by atoms with van der Waals surface area (Å²) < 4.78 is 23.7. The molecule has 0 radical (unpaired) electrons. The first-order chi connectivity index (χ1) is 16.8. The molecule has 2 amide bonds. The predicted octanol–water partition coefficient (Wildman–Crippen LogP) is 1.40. The van der Waals surface area contributed by atoms with Crippen LogP contribution in [-0.2, 0) is 32.2 Å². The van der Waals surface area contributed by atoms with E-state index in [4.69, 9.17) is 24.4 Å². The van der Waals surface area contributed by atoms with E-state index in [1.54, 1.807) is 23.1 Å². The molecule has 2 aromatic heterocycles. The Balaban J connectivity index is 1.51. The molecule has 4 rings (SSSR count). The minimum atomic E-state index is -1.12. The van der Waals surface area contributed by atoms with E-state index in [1.807, 2.05) is 30.3 Å². The van der Waals surface area contributed by atoms with Gasteiger partial charge in [0.15, 0.2) is 5.82 Å². The second kappa shape index (κ2) is 10.8. The smallest absolute Gasteiger partial charge is 0.410 e. The maximum atomic E-state index is 12.7. The van der Waals surface area contributed by atoms with Crippen molar-refractivity contribution in [2.45, 2.75) is 38.6 Å². The van der Waals surface area contributed by atoms with Crippen LogP contribution in [0.25, 0.3) is 5.84 Å². The summed E-state index contributed by atoms with van der Waals surface area (Å²) in [6.07, 6.45) is 0.995. The van der Waals surface area contributed by atoms with Crippen LogP contribution in [0.1, 0.15) is 37.0 Å². The Morgan fingerprint density at radius 2 is 1.91 bits per heavy atom. The zero-order valence-corrected chi connectivity index (χ0v) is 19.8. The molecule has 3 heterocycles. The summed E-state index contributed by atoms with van der Waals surface area (Å²) >= 11 is 0. The Bertz CT molecular complexity index is 1130. The standard InChI is InChI=1S/C23H30N6O6/c1-23(2,24)20(30)25-18(15-33-12-16-6-4-3-5-7-16)19-26-27-21-29(19)17(13-34-21)14-35-22(31)28-8-10-32-11-9-28/h3-7,13,18H,8-12,14-15,24H2,1-2H3,(H,25,30)/t18-/m1/s1. The molecule has 1 saturated heterocycles. The first kappa shape index (κ1) is 24.6. The Hall–Kier alpha value is -3.48. The van der Waals surface area contributed by atoms with E-state index in [1.165, 1.54) is 6.26 Å². The summed E-state index contributed by atoms with van der Waals surface area (Å²) in [7, 11) is 0. The normalized spacial score (nSPS) is 15.2. The number of aromatic nitrogens is 3. The van der Waals surface area contributed by atoms with Crippen molar-refractivity contribution in [3.63, 3.8) is 0 Å². The number of rotatable bonds is 9. The molecule has 3 N–H and O–H groups in total. The van der Waals surface area contributed by atoms with Gasteiger partial charge in [0.1, 0.15) is 24.6 Å². The number of hydrogen-bond donors (Lipinski definition) is 2. The third-order valence-electron chi connectivity index (χ3n) is 5.46. The maximum Gasteiger partial charge on any atom is 0.410 e. The van der Waals surface area contributed by atoms with Crippen molar-refractivity contribution >= 4 is 17.8 Å². The number of nitrogens with zero attached hydrogens (tertiary/aromatic N) is 4. The van der Waals surface area contributed by atoms with Crippen molar-refractivity contribution < 1.29 is 28.2 Å². The lowest BCUT2D eigenvalue weighted by atomic mass is 10.1. The first-order valence-corrected chi connectivity index (χ1v) is 11.4. The number of ether oxygens (including phenoxy) is 3. The molecule has 0 saturated carbocycles. The average Bonchev–Trinajstić information content (AvgIpc) is 3.45. The Morgan fingerprint density at radius 3 is 2.63 bits per heavy atom. The molecule has 1 aromatic carbocycles. The van der Waals surface area contributed by atoms with Crippen LogP contribution in [0.2, 0.25) is 0 Å². The van der Waals surface area contributed by atoms with Gasteiger partial charge < -0.3 is 34.6 Å². The van der Waals surface area contributed by atoms with Crippen LogP contribution in [0.4, 0.5) is 4.79 Å². The third-order valence-corrected chi connectivity index (χ3v) is 5.46. The number of amides is 2. The van der Waals surface area contributed by atoms with Crippen molar-refractivity contribution in [1.29, 1.82) is 0 Å². The molecule has 35 heavy (non-hydrogen) atoms. The van der Waals surface area contributed by atoms with Crippen molar-refractivity contribution in [1.82, 2.24) is 24.8 Å². The number of benzene rings is 1. The van der Waals surface area contributed by atoms with Crippen LogP contribution >= 0.6 is 0 Å². The SMILES string of the molecule is CC(C)(N)C(=O)N[C@H](COCc1ccccc1)c1nnc2occ(COC(=O)N3CCOCC3)n12. The molecule has 0 aliphatic carbocycles. The molecule has 12 nitrogen and oxygen atoms in total. The molecule has 3 aromatic rings. The number of carbonyl (C=O) groups excluding carboxylic acids is 2.